The molecule has 0 aromatic heterocycles. The second kappa shape index (κ2) is 21.3. The molecule has 0 radical (unpaired) electrons. The number of fused-ring (bicyclic) bond motifs is 3. The molecule has 1 amide bonds. The van der Waals surface area contributed by atoms with Gasteiger partial charge in [-0.2, -0.15) is 21.4 Å². The van der Waals surface area contributed by atoms with E-state index in [4.69, 9.17) is 9.98 Å². The Bertz CT molecular complexity index is 2830. The molecule has 0 unspecified atom stereocenters. The first kappa shape index (κ1) is 53.1. The van der Waals surface area contributed by atoms with E-state index < -0.39 is 31.1 Å². The second-order valence-electron chi connectivity index (χ2n) is 21.6. The molecule has 2 saturated carbocycles. The monoisotopic (exact) mass is 1050 g/mol. The van der Waals surface area contributed by atoms with Gasteiger partial charge in [-0.3, -0.25) is 23.9 Å². The molecular weight excluding hydrogens is 975 g/mol. The number of benzene rings is 2. The van der Waals surface area contributed by atoms with Gasteiger partial charge in [0.05, 0.1) is 26.8 Å². The molecule has 18 heteroatoms. The van der Waals surface area contributed by atoms with Gasteiger partial charge in [0, 0.05) is 77.5 Å². The highest BCUT2D eigenvalue weighted by molar-refractivity contribution is 8.17. The molecule has 14 nitrogen and oxygen atoms in total. The zero-order chi connectivity index (χ0) is 50.9. The fourth-order valence-electron chi connectivity index (χ4n) is 11.0. The predicted octanol–water partition coefficient (Wildman–Crippen LogP) is 10.0. The molecule has 8 rings (SSSR count). The van der Waals surface area contributed by atoms with Crippen LogP contribution in [-0.4, -0.2) is 107 Å². The van der Waals surface area contributed by atoms with Crippen LogP contribution in [-0.2, 0) is 35.9 Å². The second-order valence-corrected chi connectivity index (χ2v) is 26.2. The van der Waals surface area contributed by atoms with E-state index in [1.165, 1.54) is 56.0 Å². The Labute approximate surface area is 430 Å². The van der Waals surface area contributed by atoms with Gasteiger partial charge in [0.2, 0.25) is 11.6 Å². The summed E-state index contributed by atoms with van der Waals surface area (Å²) >= 11 is 3.55. The van der Waals surface area contributed by atoms with Crippen molar-refractivity contribution in [2.75, 3.05) is 30.8 Å². The first-order valence-electron chi connectivity index (χ1n) is 25.2. The summed E-state index contributed by atoms with van der Waals surface area (Å²) in [6, 6.07) is 10.3. The first-order chi connectivity index (χ1) is 33.5. The lowest BCUT2D eigenvalue weighted by Gasteiger charge is -2.29. The van der Waals surface area contributed by atoms with E-state index in [2.05, 4.69) is 39.7 Å². The van der Waals surface area contributed by atoms with Crippen LogP contribution in [0, 0.1) is 0 Å². The number of hydrogen-bond donors (Lipinski definition) is 4. The lowest BCUT2D eigenvalue weighted by atomic mass is 9.81. The maximum atomic E-state index is 13.3. The SMILES string of the molecule is C[N+]1=C(/C=C/C=C/C=C2/N(CCCCCC(=O)NC3CCC(N=C(NC4CCCCC4)SCC4=CSC5=NC(C)(C)CN45)CC3)c3ccc(S(=O)(=O)O)cc3C2(C)C)C(C)(C)c2cc(S(=O)(=O)O)ccc21. The number of hydrogen-bond acceptors (Lipinski definition) is 11. The third kappa shape index (κ3) is 12.3. The van der Waals surface area contributed by atoms with Crippen LogP contribution in [0.4, 0.5) is 11.4 Å². The van der Waals surface area contributed by atoms with Crippen LogP contribution in [0.1, 0.15) is 136 Å². The van der Waals surface area contributed by atoms with Crippen LogP contribution in [0.2, 0.25) is 0 Å². The van der Waals surface area contributed by atoms with E-state index >= 15 is 0 Å². The number of carbonyl (C=O) groups is 1. The molecule has 71 heavy (non-hydrogen) atoms. The number of thioether (sulfide) groups is 2. The van der Waals surface area contributed by atoms with Crippen molar-refractivity contribution in [3.05, 3.63) is 94.7 Å². The van der Waals surface area contributed by atoms with Gasteiger partial charge in [-0.25, -0.2) is 0 Å². The third-order valence-electron chi connectivity index (χ3n) is 15.0. The Hall–Kier alpha value is -4.20. The summed E-state index contributed by atoms with van der Waals surface area (Å²) in [5, 5.41) is 11.6. The van der Waals surface area contributed by atoms with Gasteiger partial charge in [-0.05, 0) is 126 Å². The van der Waals surface area contributed by atoms with Crippen molar-refractivity contribution in [1.82, 2.24) is 15.5 Å². The molecule has 0 spiro atoms. The summed E-state index contributed by atoms with van der Waals surface area (Å²) in [5.74, 6) is 0.953. The Morgan fingerprint density at radius 2 is 1.52 bits per heavy atom. The molecule has 6 aliphatic rings. The number of aliphatic imine (C=N–C) groups is 2. The van der Waals surface area contributed by atoms with E-state index in [-0.39, 0.29) is 33.3 Å². The van der Waals surface area contributed by atoms with Crippen molar-refractivity contribution in [1.29, 1.82) is 0 Å². The van der Waals surface area contributed by atoms with Crippen molar-refractivity contribution in [3.63, 3.8) is 0 Å². The average Bonchev–Trinajstić information content (AvgIpc) is 3.95. The van der Waals surface area contributed by atoms with Crippen molar-refractivity contribution in [2.45, 2.75) is 169 Å². The Morgan fingerprint density at radius 1 is 0.845 bits per heavy atom. The summed E-state index contributed by atoms with van der Waals surface area (Å²) in [4.78, 5) is 27.8. The van der Waals surface area contributed by atoms with Gasteiger partial charge in [0.15, 0.2) is 16.0 Å². The topological polar surface area (TPSA) is 184 Å². The minimum absolute atomic E-state index is 0.0562. The normalized spacial score (nSPS) is 23.7. The van der Waals surface area contributed by atoms with Crippen molar-refractivity contribution in [3.8, 4) is 0 Å². The maximum Gasteiger partial charge on any atom is 0.294 e. The highest BCUT2D eigenvalue weighted by atomic mass is 32.2. The summed E-state index contributed by atoms with van der Waals surface area (Å²) in [6.07, 6.45) is 22.6. The number of amidine groups is 2. The van der Waals surface area contributed by atoms with Gasteiger partial charge >= 0.3 is 0 Å². The molecule has 384 valence electrons. The number of carbonyl (C=O) groups excluding carboxylic acids is 1. The highest BCUT2D eigenvalue weighted by Crippen LogP contribution is 2.49. The lowest BCUT2D eigenvalue weighted by molar-refractivity contribution is -0.401. The number of unbranched alkanes of at least 4 members (excludes halogenated alkanes) is 2. The predicted molar refractivity (Wildman–Crippen MR) is 290 cm³/mol. The summed E-state index contributed by atoms with van der Waals surface area (Å²) in [6.45, 7) is 14.1. The van der Waals surface area contributed by atoms with Gasteiger partial charge < -0.3 is 20.4 Å². The molecule has 4 heterocycles. The number of allylic oxidation sites excluding steroid dienone is 6. The summed E-state index contributed by atoms with van der Waals surface area (Å²) < 4.78 is 69.9. The zero-order valence-corrected chi connectivity index (χ0v) is 45.5. The Balaban J connectivity index is 0.843. The quantitative estimate of drug-likeness (QED) is 0.0312. The molecule has 0 atom stereocenters. The minimum atomic E-state index is -4.42. The zero-order valence-electron chi connectivity index (χ0n) is 42.3. The van der Waals surface area contributed by atoms with Gasteiger partial charge in [0.25, 0.3) is 20.2 Å². The Morgan fingerprint density at radius 3 is 2.23 bits per heavy atom. The van der Waals surface area contributed by atoms with Crippen LogP contribution in [0.15, 0.2) is 103 Å². The number of nitrogens with zero attached hydrogens (tertiary/aromatic N) is 5. The molecule has 4 N–H and O–H groups in total. The third-order valence-corrected chi connectivity index (χ3v) is 18.5. The van der Waals surface area contributed by atoms with Gasteiger partial charge in [-0.15, -0.1) is 0 Å². The molecule has 0 bridgehead atoms. The number of rotatable bonds is 16. The maximum absolute atomic E-state index is 13.3. The number of anilines is 1. The molecule has 2 fully saturated rings. The standard InChI is InChI=1S/C53H71N7O7S4/c1-51(2)35-60-39(34-69-50(60)57-51)33-68-49(55-36-17-11-8-12-18-36)56-38-24-22-37(23-25-38)54-48(61)21-15-10-16-30-59-45-29-27-41(71(65,66)67)32-43(45)53(5,6)47(59)20-14-9-13-19-46-52(3,4)42-31-40(70(62,63)64)26-28-44(42)58(46)7/h9,13-14,19-20,26-29,31-32,34,36-38H,8,10-12,15-18,21-25,30,33,35H2,1-7H3,(H3-,54,55,56,61,62,63,64,65,66,67)/p+1. The summed E-state index contributed by atoms with van der Waals surface area (Å²) in [5.41, 5.74) is 5.38. The van der Waals surface area contributed by atoms with Crippen molar-refractivity contribution in [2.24, 2.45) is 9.98 Å². The lowest BCUT2D eigenvalue weighted by Crippen LogP contribution is -2.39. The molecule has 2 aromatic rings. The summed E-state index contributed by atoms with van der Waals surface area (Å²) in [7, 11) is -6.84. The van der Waals surface area contributed by atoms with Gasteiger partial charge in [0.1, 0.15) is 7.05 Å². The van der Waals surface area contributed by atoms with E-state index in [0.29, 0.717) is 19.0 Å². The van der Waals surface area contributed by atoms with Crippen LogP contribution in [0.25, 0.3) is 0 Å². The fourth-order valence-corrected chi connectivity index (χ4v) is 14.2. The molecule has 0 saturated heterocycles. The smallest absolute Gasteiger partial charge is 0.294 e. The minimum Gasteiger partial charge on any atom is -0.362 e. The van der Waals surface area contributed by atoms with E-state index in [1.807, 2.05) is 81.5 Å². The molecule has 4 aliphatic heterocycles. The van der Waals surface area contributed by atoms with Crippen molar-refractivity contribution < 1.29 is 35.3 Å². The van der Waals surface area contributed by atoms with Crippen LogP contribution in [0.5, 0.6) is 0 Å². The van der Waals surface area contributed by atoms with Crippen LogP contribution in [0.3, 0.4) is 0 Å². The number of amides is 1. The van der Waals surface area contributed by atoms with Gasteiger partial charge in [-0.1, -0.05) is 81.3 Å². The van der Waals surface area contributed by atoms with E-state index in [1.54, 1.807) is 30.0 Å². The van der Waals surface area contributed by atoms with Crippen LogP contribution >= 0.6 is 23.5 Å². The highest BCUT2D eigenvalue weighted by Gasteiger charge is 2.44. The average molecular weight is 1050 g/mol. The molecular formula is C53H72N7O7S4+. The fraction of sp³-hybridized carbons (Fsp3) is 0.547. The largest absolute Gasteiger partial charge is 0.362 e. The van der Waals surface area contributed by atoms with E-state index in [9.17, 15) is 30.7 Å². The first-order valence-corrected chi connectivity index (χ1v) is 29.9. The van der Waals surface area contributed by atoms with E-state index in [0.717, 1.165) is 101 Å². The Kier molecular flexibility index (Phi) is 16.0. The molecule has 2 aromatic carbocycles. The van der Waals surface area contributed by atoms with Crippen molar-refractivity contribution >= 4 is 77.1 Å². The molecule has 2 aliphatic carbocycles. The van der Waals surface area contributed by atoms with Crippen LogP contribution < -0.4 is 15.5 Å². The number of nitrogens with one attached hydrogen (secondary N) is 2.